The van der Waals surface area contributed by atoms with Crippen LogP contribution in [0.25, 0.3) is 0 Å². The fraction of sp³-hybridized carbons (Fsp3) is 0.889. The smallest absolute Gasteiger partial charge is 0.0823 e. The van der Waals surface area contributed by atoms with Crippen molar-refractivity contribution in [2.24, 2.45) is 5.92 Å². The summed E-state index contributed by atoms with van der Waals surface area (Å²) in [5.41, 5.74) is 0. The lowest BCUT2D eigenvalue weighted by molar-refractivity contribution is -0.908. The molecule has 0 saturated carbocycles. The Kier molecular flexibility index (Phi) is 3.53. The van der Waals surface area contributed by atoms with Gasteiger partial charge in [0.05, 0.1) is 19.6 Å². The van der Waals surface area contributed by atoms with Crippen LogP contribution in [0.4, 0.5) is 0 Å². The Hall–Kier alpha value is -0.570. The Morgan fingerprint density at radius 1 is 1.67 bits per heavy atom. The van der Waals surface area contributed by atoms with Crippen LogP contribution in [0.1, 0.15) is 26.2 Å². The van der Waals surface area contributed by atoms with Crippen LogP contribution in [0.3, 0.4) is 0 Å². The summed E-state index contributed by atoms with van der Waals surface area (Å²) in [6.45, 7) is 5.25. The molecule has 1 rings (SSSR count). The first-order valence-electron chi connectivity index (χ1n) is 4.72. The van der Waals surface area contributed by atoms with Gasteiger partial charge in [-0.05, 0) is 12.8 Å². The van der Waals surface area contributed by atoms with E-state index in [2.05, 4.69) is 6.92 Å². The molecule has 0 spiro atoms. The topological polar surface area (TPSA) is 44.6 Å². The van der Waals surface area contributed by atoms with Crippen LogP contribution in [0.2, 0.25) is 0 Å². The van der Waals surface area contributed by atoms with E-state index in [1.807, 2.05) is 0 Å². The standard InChI is InChI=1S/C9H17NO2/c1-8-3-2-5-10(7-8)6-4-9(11)12/h8H,2-7H2,1H3,(H,11,12)/t8-/m0/s1. The van der Waals surface area contributed by atoms with Crippen molar-refractivity contribution in [2.45, 2.75) is 26.2 Å². The molecule has 0 bridgehead atoms. The molecule has 0 amide bonds. The third kappa shape index (κ3) is 3.22. The summed E-state index contributed by atoms with van der Waals surface area (Å²) >= 11 is 0. The highest BCUT2D eigenvalue weighted by molar-refractivity contribution is 5.64. The lowest BCUT2D eigenvalue weighted by atomic mass is 10.0. The van der Waals surface area contributed by atoms with Crippen LogP contribution < -0.4 is 10.0 Å². The van der Waals surface area contributed by atoms with Crippen molar-refractivity contribution in [3.8, 4) is 0 Å². The minimum Gasteiger partial charge on any atom is -0.550 e. The van der Waals surface area contributed by atoms with Gasteiger partial charge in [-0.1, -0.05) is 6.92 Å². The molecule has 0 radical (unpaired) electrons. The first kappa shape index (κ1) is 9.52. The summed E-state index contributed by atoms with van der Waals surface area (Å²) in [7, 11) is 0. The van der Waals surface area contributed by atoms with E-state index in [0.717, 1.165) is 25.6 Å². The second-order valence-corrected chi connectivity index (χ2v) is 3.82. The SMILES string of the molecule is C[C@H]1CCC[NH+](CCC(=O)[O-])C1. The second kappa shape index (κ2) is 4.45. The number of rotatable bonds is 3. The van der Waals surface area contributed by atoms with E-state index in [0.29, 0.717) is 0 Å². The minimum atomic E-state index is -0.916. The van der Waals surface area contributed by atoms with Crippen LogP contribution in [-0.4, -0.2) is 25.6 Å². The Morgan fingerprint density at radius 3 is 3.00 bits per heavy atom. The summed E-state index contributed by atoms with van der Waals surface area (Å²) < 4.78 is 0. The number of carbonyl (C=O) groups is 1. The maximum absolute atomic E-state index is 10.2. The molecule has 1 aliphatic heterocycles. The fourth-order valence-corrected chi connectivity index (χ4v) is 1.90. The predicted octanol–water partition coefficient (Wildman–Crippen LogP) is -1.56. The molecule has 1 saturated heterocycles. The van der Waals surface area contributed by atoms with Crippen molar-refractivity contribution in [3.63, 3.8) is 0 Å². The molecule has 70 valence electrons. The molecule has 0 aromatic rings. The molecule has 3 heteroatoms. The summed E-state index contributed by atoms with van der Waals surface area (Å²) in [6, 6.07) is 0. The molecule has 1 heterocycles. The fourth-order valence-electron chi connectivity index (χ4n) is 1.90. The average Bonchev–Trinajstić information content (AvgIpc) is 2.01. The van der Waals surface area contributed by atoms with Gasteiger partial charge in [-0.15, -0.1) is 0 Å². The zero-order chi connectivity index (χ0) is 8.97. The monoisotopic (exact) mass is 171 g/mol. The summed E-state index contributed by atoms with van der Waals surface area (Å²) in [4.78, 5) is 11.6. The van der Waals surface area contributed by atoms with E-state index in [-0.39, 0.29) is 6.42 Å². The molecule has 0 aromatic heterocycles. The first-order chi connectivity index (χ1) is 5.68. The highest BCUT2D eigenvalue weighted by Gasteiger charge is 2.18. The van der Waals surface area contributed by atoms with Crippen LogP contribution in [0, 0.1) is 5.92 Å². The zero-order valence-electron chi connectivity index (χ0n) is 7.64. The Balaban J connectivity index is 2.18. The summed E-state index contributed by atoms with van der Waals surface area (Å²) in [6.07, 6.45) is 2.75. The highest BCUT2D eigenvalue weighted by atomic mass is 16.4. The minimum absolute atomic E-state index is 0.210. The number of carboxylic acids is 1. The van der Waals surface area contributed by atoms with Gasteiger partial charge in [0.15, 0.2) is 0 Å². The van der Waals surface area contributed by atoms with Crippen molar-refractivity contribution < 1.29 is 14.8 Å². The molecule has 2 atom stereocenters. The van der Waals surface area contributed by atoms with E-state index in [1.165, 1.54) is 17.7 Å². The molecular weight excluding hydrogens is 154 g/mol. The maximum Gasteiger partial charge on any atom is 0.0823 e. The van der Waals surface area contributed by atoms with Crippen molar-refractivity contribution in [2.75, 3.05) is 19.6 Å². The second-order valence-electron chi connectivity index (χ2n) is 3.82. The number of hydrogen-bond donors (Lipinski definition) is 1. The van der Waals surface area contributed by atoms with Gasteiger partial charge in [0, 0.05) is 18.3 Å². The van der Waals surface area contributed by atoms with E-state index in [1.54, 1.807) is 0 Å². The van der Waals surface area contributed by atoms with Crippen LogP contribution in [0.5, 0.6) is 0 Å². The van der Waals surface area contributed by atoms with E-state index >= 15 is 0 Å². The molecule has 1 N–H and O–H groups in total. The van der Waals surface area contributed by atoms with Gasteiger partial charge in [0.25, 0.3) is 0 Å². The maximum atomic E-state index is 10.2. The molecule has 12 heavy (non-hydrogen) atoms. The highest BCUT2D eigenvalue weighted by Crippen LogP contribution is 2.04. The molecule has 0 aromatic carbocycles. The average molecular weight is 171 g/mol. The van der Waals surface area contributed by atoms with E-state index in [9.17, 15) is 9.90 Å². The predicted molar refractivity (Wildman–Crippen MR) is 43.6 cm³/mol. The van der Waals surface area contributed by atoms with Crippen LogP contribution in [0.15, 0.2) is 0 Å². The first-order valence-corrected chi connectivity index (χ1v) is 4.72. The number of carbonyl (C=O) groups excluding carboxylic acids is 1. The number of quaternary nitrogens is 1. The third-order valence-corrected chi connectivity index (χ3v) is 2.55. The van der Waals surface area contributed by atoms with Crippen molar-refractivity contribution >= 4 is 5.97 Å². The number of carboxylic acid groups (broad SMARTS) is 1. The molecule has 1 aliphatic rings. The Labute approximate surface area is 73.4 Å². The van der Waals surface area contributed by atoms with Gasteiger partial charge in [-0.3, -0.25) is 0 Å². The number of piperidine rings is 1. The Bertz CT molecular complexity index is 159. The number of nitrogens with one attached hydrogen (secondary N) is 1. The van der Waals surface area contributed by atoms with Gasteiger partial charge in [-0.25, -0.2) is 0 Å². The van der Waals surface area contributed by atoms with Gasteiger partial charge >= 0.3 is 0 Å². The summed E-state index contributed by atoms with van der Waals surface area (Å²) in [5.74, 6) is -0.156. The van der Waals surface area contributed by atoms with E-state index in [4.69, 9.17) is 0 Å². The third-order valence-electron chi connectivity index (χ3n) is 2.55. The van der Waals surface area contributed by atoms with Gasteiger partial charge in [0.1, 0.15) is 0 Å². The van der Waals surface area contributed by atoms with Crippen molar-refractivity contribution in [1.29, 1.82) is 0 Å². The molecule has 1 unspecified atom stereocenters. The van der Waals surface area contributed by atoms with Gasteiger partial charge in [-0.2, -0.15) is 0 Å². The summed E-state index contributed by atoms with van der Waals surface area (Å²) in [5, 5.41) is 10.2. The molecular formula is C9H17NO2. The Morgan fingerprint density at radius 2 is 2.42 bits per heavy atom. The largest absolute Gasteiger partial charge is 0.550 e. The van der Waals surface area contributed by atoms with Crippen molar-refractivity contribution in [3.05, 3.63) is 0 Å². The lowest BCUT2D eigenvalue weighted by Crippen LogP contribution is -3.13. The number of likely N-dealkylation sites (tertiary alicyclic amines) is 1. The zero-order valence-corrected chi connectivity index (χ0v) is 7.64. The van der Waals surface area contributed by atoms with Crippen LogP contribution >= 0.6 is 0 Å². The number of aliphatic carboxylic acids is 1. The van der Waals surface area contributed by atoms with E-state index < -0.39 is 5.97 Å². The lowest BCUT2D eigenvalue weighted by Gasteiger charge is -2.27. The van der Waals surface area contributed by atoms with Gasteiger partial charge in [0.2, 0.25) is 0 Å². The van der Waals surface area contributed by atoms with Crippen molar-refractivity contribution in [1.82, 2.24) is 0 Å². The molecule has 3 nitrogen and oxygen atoms in total. The molecule has 0 aliphatic carbocycles. The van der Waals surface area contributed by atoms with Crippen LogP contribution in [-0.2, 0) is 4.79 Å². The van der Waals surface area contributed by atoms with Gasteiger partial charge < -0.3 is 14.8 Å². The quantitative estimate of drug-likeness (QED) is 0.558. The number of hydrogen-bond acceptors (Lipinski definition) is 2. The normalized spacial score (nSPS) is 30.1. The molecule has 1 fully saturated rings.